The van der Waals surface area contributed by atoms with E-state index in [1.54, 1.807) is 25.3 Å². The zero-order valence-corrected chi connectivity index (χ0v) is 12.8. The summed E-state index contributed by atoms with van der Waals surface area (Å²) in [7, 11) is 1.56. The van der Waals surface area contributed by atoms with Crippen molar-refractivity contribution in [2.24, 2.45) is 0 Å². The van der Waals surface area contributed by atoms with E-state index in [0.29, 0.717) is 16.9 Å². The van der Waals surface area contributed by atoms with Gasteiger partial charge < -0.3 is 14.7 Å². The topological polar surface area (TPSA) is 49.8 Å². The molecule has 0 atom stereocenters. The summed E-state index contributed by atoms with van der Waals surface area (Å²) in [6.07, 6.45) is 2.05. The van der Waals surface area contributed by atoms with Crippen LogP contribution in [0, 0.1) is 11.8 Å². The summed E-state index contributed by atoms with van der Waals surface area (Å²) in [6.45, 7) is 4.75. The molecule has 1 amide bonds. The predicted octanol–water partition coefficient (Wildman–Crippen LogP) is 2.05. The van der Waals surface area contributed by atoms with Gasteiger partial charge in [0, 0.05) is 17.6 Å². The zero-order chi connectivity index (χ0) is 15.5. The Balaban J connectivity index is 2.34. The second-order valence-electron chi connectivity index (χ2n) is 5.75. The fourth-order valence-electron chi connectivity index (χ4n) is 2.71. The molecule has 1 aliphatic rings. The summed E-state index contributed by atoms with van der Waals surface area (Å²) < 4.78 is 5.23. The van der Waals surface area contributed by atoms with E-state index in [1.807, 2.05) is 4.90 Å². The first-order valence-electron chi connectivity index (χ1n) is 7.09. The van der Waals surface area contributed by atoms with Gasteiger partial charge in [-0.15, -0.1) is 0 Å². The number of methoxy groups -OCH3 is 1. The highest BCUT2D eigenvalue weighted by molar-refractivity contribution is 5.95. The molecule has 112 valence electrons. The summed E-state index contributed by atoms with van der Waals surface area (Å²) in [5, 5.41) is 8.82. The molecule has 0 bridgehead atoms. The van der Waals surface area contributed by atoms with Gasteiger partial charge in [-0.1, -0.05) is 11.8 Å². The van der Waals surface area contributed by atoms with Gasteiger partial charge in [-0.05, 0) is 44.9 Å². The minimum absolute atomic E-state index is 0.0206. The fraction of sp³-hybridized carbons (Fsp3) is 0.471. The molecule has 0 spiro atoms. The van der Waals surface area contributed by atoms with Gasteiger partial charge in [0.1, 0.15) is 12.4 Å². The lowest BCUT2D eigenvalue weighted by Crippen LogP contribution is -2.42. The van der Waals surface area contributed by atoms with Gasteiger partial charge in [0.25, 0.3) is 5.91 Å². The molecule has 2 rings (SSSR count). The number of aliphatic hydroxyl groups is 1. The van der Waals surface area contributed by atoms with Crippen LogP contribution in [0.15, 0.2) is 18.2 Å². The maximum atomic E-state index is 12.7. The molecule has 1 fully saturated rings. The van der Waals surface area contributed by atoms with E-state index in [1.165, 1.54) is 0 Å². The van der Waals surface area contributed by atoms with Crippen LogP contribution in [0.25, 0.3) is 0 Å². The summed E-state index contributed by atoms with van der Waals surface area (Å²) in [5.74, 6) is 6.04. The van der Waals surface area contributed by atoms with E-state index >= 15 is 0 Å². The number of likely N-dealkylation sites (tertiary alicyclic amines) is 1. The largest absolute Gasteiger partial charge is 0.495 e. The minimum Gasteiger partial charge on any atom is -0.495 e. The smallest absolute Gasteiger partial charge is 0.254 e. The van der Waals surface area contributed by atoms with E-state index < -0.39 is 0 Å². The molecular formula is C17H21NO3. The van der Waals surface area contributed by atoms with E-state index in [4.69, 9.17) is 9.84 Å². The fourth-order valence-corrected chi connectivity index (χ4v) is 2.71. The highest BCUT2D eigenvalue weighted by atomic mass is 16.5. The molecular weight excluding hydrogens is 266 g/mol. The van der Waals surface area contributed by atoms with Crippen LogP contribution in [0.1, 0.15) is 42.6 Å². The van der Waals surface area contributed by atoms with Gasteiger partial charge in [0.2, 0.25) is 0 Å². The van der Waals surface area contributed by atoms with Crippen molar-refractivity contribution in [3.63, 3.8) is 0 Å². The lowest BCUT2D eigenvalue weighted by Gasteiger charge is -2.31. The number of hydrogen-bond acceptors (Lipinski definition) is 3. The summed E-state index contributed by atoms with van der Waals surface area (Å²) in [4.78, 5) is 14.6. The Labute approximate surface area is 125 Å². The molecule has 0 radical (unpaired) electrons. The first-order chi connectivity index (χ1) is 9.99. The summed E-state index contributed by atoms with van der Waals surface area (Å²) >= 11 is 0. The Kier molecular flexibility index (Phi) is 4.54. The van der Waals surface area contributed by atoms with Gasteiger partial charge in [-0.2, -0.15) is 0 Å². The lowest BCUT2D eigenvalue weighted by molar-refractivity contribution is 0.0652. The maximum Gasteiger partial charge on any atom is 0.254 e. The third kappa shape index (κ3) is 3.20. The van der Waals surface area contributed by atoms with Crippen LogP contribution >= 0.6 is 0 Å². The number of amides is 1. The van der Waals surface area contributed by atoms with Crippen molar-refractivity contribution in [2.75, 3.05) is 20.3 Å². The average molecular weight is 287 g/mol. The monoisotopic (exact) mass is 287 g/mol. The molecule has 1 aromatic carbocycles. The number of aliphatic hydroxyl groups excluding tert-OH is 1. The van der Waals surface area contributed by atoms with E-state index in [9.17, 15) is 4.79 Å². The number of nitrogens with zero attached hydrogens (tertiary/aromatic N) is 1. The zero-order valence-electron chi connectivity index (χ0n) is 12.8. The number of carbonyl (C=O) groups is 1. The number of benzene rings is 1. The second-order valence-corrected chi connectivity index (χ2v) is 5.75. The van der Waals surface area contributed by atoms with E-state index in [-0.39, 0.29) is 18.1 Å². The van der Waals surface area contributed by atoms with E-state index in [2.05, 4.69) is 25.7 Å². The number of carbonyl (C=O) groups excluding carboxylic acids is 1. The van der Waals surface area contributed by atoms with Crippen molar-refractivity contribution in [1.82, 2.24) is 4.90 Å². The highest BCUT2D eigenvalue weighted by Gasteiger charge is 2.35. The Hall–Kier alpha value is -1.99. The van der Waals surface area contributed by atoms with Crippen LogP contribution in [-0.2, 0) is 0 Å². The SMILES string of the molecule is COc1ccc(C(=O)N2CCCC2(C)C)cc1C#CCO. The third-order valence-corrected chi connectivity index (χ3v) is 3.89. The molecule has 0 aromatic heterocycles. The second kappa shape index (κ2) is 6.19. The molecule has 1 aromatic rings. The number of hydrogen-bond donors (Lipinski definition) is 1. The summed E-state index contributed by atoms with van der Waals surface area (Å²) in [5.41, 5.74) is 1.12. The maximum absolute atomic E-state index is 12.7. The molecule has 21 heavy (non-hydrogen) atoms. The predicted molar refractivity (Wildman–Crippen MR) is 81.3 cm³/mol. The Morgan fingerprint density at radius 3 is 2.81 bits per heavy atom. The molecule has 1 aliphatic heterocycles. The average Bonchev–Trinajstić information content (AvgIpc) is 2.83. The first-order valence-corrected chi connectivity index (χ1v) is 7.09. The molecule has 4 nitrogen and oxygen atoms in total. The van der Waals surface area contributed by atoms with Crippen LogP contribution in [-0.4, -0.2) is 41.7 Å². The van der Waals surface area contributed by atoms with Crippen molar-refractivity contribution in [2.45, 2.75) is 32.2 Å². The molecule has 0 aliphatic carbocycles. The van der Waals surface area contributed by atoms with Gasteiger partial charge in [-0.25, -0.2) is 0 Å². The summed E-state index contributed by atoms with van der Waals surface area (Å²) in [6, 6.07) is 5.25. The lowest BCUT2D eigenvalue weighted by atomic mass is 10.0. The van der Waals surface area contributed by atoms with Crippen molar-refractivity contribution in [1.29, 1.82) is 0 Å². The normalized spacial score (nSPS) is 16.3. The van der Waals surface area contributed by atoms with Crippen molar-refractivity contribution in [3.8, 4) is 17.6 Å². The van der Waals surface area contributed by atoms with Gasteiger partial charge in [-0.3, -0.25) is 4.79 Å². The van der Waals surface area contributed by atoms with Crippen LogP contribution < -0.4 is 4.74 Å². The van der Waals surface area contributed by atoms with Gasteiger partial charge in [0.05, 0.1) is 12.7 Å². The van der Waals surface area contributed by atoms with Crippen LogP contribution in [0.3, 0.4) is 0 Å². The third-order valence-electron chi connectivity index (χ3n) is 3.89. The van der Waals surface area contributed by atoms with Crippen molar-refractivity contribution < 1.29 is 14.6 Å². The standard InChI is InChI=1S/C17H21NO3/c1-17(2)9-5-10-18(17)16(20)14-7-8-15(21-3)13(12-14)6-4-11-19/h7-8,12,19H,5,9-11H2,1-3H3. The molecule has 0 saturated carbocycles. The Morgan fingerprint density at radius 2 is 2.24 bits per heavy atom. The van der Waals surface area contributed by atoms with Crippen LogP contribution in [0.2, 0.25) is 0 Å². The minimum atomic E-state index is -0.222. The van der Waals surface area contributed by atoms with E-state index in [0.717, 1.165) is 19.4 Å². The molecule has 0 unspecified atom stereocenters. The first kappa shape index (κ1) is 15.4. The number of rotatable bonds is 2. The molecule has 1 N–H and O–H groups in total. The van der Waals surface area contributed by atoms with Crippen LogP contribution in [0.5, 0.6) is 5.75 Å². The quantitative estimate of drug-likeness (QED) is 0.847. The van der Waals surface area contributed by atoms with Crippen LogP contribution in [0.4, 0.5) is 0 Å². The molecule has 1 saturated heterocycles. The number of ether oxygens (including phenoxy) is 1. The highest BCUT2D eigenvalue weighted by Crippen LogP contribution is 2.30. The van der Waals surface area contributed by atoms with Crippen molar-refractivity contribution in [3.05, 3.63) is 29.3 Å². The van der Waals surface area contributed by atoms with Gasteiger partial charge in [0.15, 0.2) is 0 Å². The van der Waals surface area contributed by atoms with Gasteiger partial charge >= 0.3 is 0 Å². The van der Waals surface area contributed by atoms with Crippen molar-refractivity contribution >= 4 is 5.91 Å². The Morgan fingerprint density at radius 1 is 1.48 bits per heavy atom. The molecule has 1 heterocycles. The molecule has 4 heteroatoms. The Bertz CT molecular complexity index is 596.